The molecule has 0 amide bonds. The second-order valence-corrected chi connectivity index (χ2v) is 4.86. The first-order valence-corrected chi connectivity index (χ1v) is 5.99. The maximum atomic E-state index is 5.47. The average Bonchev–Trinajstić information content (AvgIpc) is 2.88. The van der Waals surface area contributed by atoms with Crippen molar-refractivity contribution in [2.75, 3.05) is 0 Å². The highest BCUT2D eigenvalue weighted by atomic mass is 32.1. The highest BCUT2D eigenvalue weighted by Crippen LogP contribution is 2.11. The highest BCUT2D eigenvalue weighted by Gasteiger charge is 2.01. The minimum absolute atomic E-state index is 0.450. The van der Waals surface area contributed by atoms with E-state index >= 15 is 0 Å². The van der Waals surface area contributed by atoms with Gasteiger partial charge in [0.15, 0.2) is 0 Å². The van der Waals surface area contributed by atoms with Crippen LogP contribution < -0.4 is 11.1 Å². The van der Waals surface area contributed by atoms with Gasteiger partial charge in [0.1, 0.15) is 16.5 Å². The summed E-state index contributed by atoms with van der Waals surface area (Å²) < 4.78 is 5.47. The van der Waals surface area contributed by atoms with Crippen LogP contribution >= 0.6 is 11.3 Å². The standard InChI is InChI=1S/C11H15N3OS/c1-8-5-14-11(16-8)7-13-6-10-3-2-9(4-12)15-10/h2-3,5,13H,4,6-7,12H2,1H3. The van der Waals surface area contributed by atoms with Crippen LogP contribution in [-0.2, 0) is 19.6 Å². The smallest absolute Gasteiger partial charge is 0.118 e. The number of hydrogen-bond acceptors (Lipinski definition) is 5. The van der Waals surface area contributed by atoms with Gasteiger partial charge in [-0.3, -0.25) is 0 Å². The normalized spacial score (nSPS) is 10.9. The van der Waals surface area contributed by atoms with Crippen molar-refractivity contribution in [2.24, 2.45) is 5.73 Å². The van der Waals surface area contributed by atoms with Crippen molar-refractivity contribution in [3.8, 4) is 0 Å². The van der Waals surface area contributed by atoms with Crippen molar-refractivity contribution in [3.63, 3.8) is 0 Å². The van der Waals surface area contributed by atoms with E-state index in [9.17, 15) is 0 Å². The van der Waals surface area contributed by atoms with Gasteiger partial charge in [-0.2, -0.15) is 0 Å². The Morgan fingerprint density at radius 2 is 2.19 bits per heavy atom. The van der Waals surface area contributed by atoms with Gasteiger partial charge in [0, 0.05) is 17.6 Å². The van der Waals surface area contributed by atoms with Gasteiger partial charge >= 0.3 is 0 Å². The van der Waals surface area contributed by atoms with E-state index < -0.39 is 0 Å². The predicted molar refractivity (Wildman–Crippen MR) is 64.0 cm³/mol. The van der Waals surface area contributed by atoms with Crippen LogP contribution in [0.1, 0.15) is 21.4 Å². The zero-order chi connectivity index (χ0) is 11.4. The van der Waals surface area contributed by atoms with E-state index in [1.165, 1.54) is 4.88 Å². The zero-order valence-electron chi connectivity index (χ0n) is 9.19. The van der Waals surface area contributed by atoms with E-state index in [-0.39, 0.29) is 0 Å². The number of aromatic nitrogens is 1. The minimum atomic E-state index is 0.450. The lowest BCUT2D eigenvalue weighted by molar-refractivity contribution is 0.448. The van der Waals surface area contributed by atoms with Crippen molar-refractivity contribution in [3.05, 3.63) is 39.7 Å². The van der Waals surface area contributed by atoms with Crippen LogP contribution in [-0.4, -0.2) is 4.98 Å². The third kappa shape index (κ3) is 2.91. The number of furan rings is 1. The molecule has 0 radical (unpaired) electrons. The topological polar surface area (TPSA) is 64.1 Å². The zero-order valence-corrected chi connectivity index (χ0v) is 10.0. The lowest BCUT2D eigenvalue weighted by atomic mass is 10.4. The van der Waals surface area contributed by atoms with Gasteiger partial charge in [-0.25, -0.2) is 4.98 Å². The summed E-state index contributed by atoms with van der Waals surface area (Å²) in [6, 6.07) is 3.85. The van der Waals surface area contributed by atoms with Gasteiger partial charge in [-0.1, -0.05) is 0 Å². The van der Waals surface area contributed by atoms with Gasteiger partial charge < -0.3 is 15.5 Å². The van der Waals surface area contributed by atoms with E-state index in [0.29, 0.717) is 13.1 Å². The summed E-state index contributed by atoms with van der Waals surface area (Å²) in [4.78, 5) is 5.51. The molecule has 0 spiro atoms. The summed E-state index contributed by atoms with van der Waals surface area (Å²) in [7, 11) is 0. The maximum Gasteiger partial charge on any atom is 0.118 e. The Morgan fingerprint density at radius 1 is 1.38 bits per heavy atom. The summed E-state index contributed by atoms with van der Waals surface area (Å²) in [6.45, 7) is 3.99. The largest absolute Gasteiger partial charge is 0.463 e. The van der Waals surface area contributed by atoms with Crippen LogP contribution in [0.25, 0.3) is 0 Å². The Balaban J connectivity index is 1.79. The fourth-order valence-electron chi connectivity index (χ4n) is 1.40. The van der Waals surface area contributed by atoms with E-state index in [1.807, 2.05) is 18.3 Å². The molecule has 0 unspecified atom stereocenters. The van der Waals surface area contributed by atoms with Crippen molar-refractivity contribution in [1.29, 1.82) is 0 Å². The third-order valence-electron chi connectivity index (χ3n) is 2.16. The van der Waals surface area contributed by atoms with Gasteiger partial charge in [-0.05, 0) is 19.1 Å². The number of nitrogens with one attached hydrogen (secondary N) is 1. The molecule has 0 bridgehead atoms. The second kappa shape index (κ2) is 5.25. The van der Waals surface area contributed by atoms with Crippen LogP contribution in [0.3, 0.4) is 0 Å². The molecule has 0 atom stereocenters. The number of rotatable bonds is 5. The van der Waals surface area contributed by atoms with Crippen LogP contribution in [0, 0.1) is 6.92 Å². The van der Waals surface area contributed by atoms with E-state index in [1.54, 1.807) is 11.3 Å². The van der Waals surface area contributed by atoms with E-state index in [0.717, 1.165) is 23.1 Å². The van der Waals surface area contributed by atoms with Crippen LogP contribution in [0.5, 0.6) is 0 Å². The molecule has 2 heterocycles. The SMILES string of the molecule is Cc1cnc(CNCc2ccc(CN)o2)s1. The molecule has 86 valence electrons. The van der Waals surface area contributed by atoms with Crippen LogP contribution in [0.4, 0.5) is 0 Å². The van der Waals surface area contributed by atoms with Gasteiger partial charge in [0.2, 0.25) is 0 Å². The molecule has 0 fully saturated rings. The summed E-state index contributed by atoms with van der Waals surface area (Å²) >= 11 is 1.71. The molecule has 0 aliphatic heterocycles. The molecular formula is C11H15N3OS. The van der Waals surface area contributed by atoms with Crippen LogP contribution in [0.15, 0.2) is 22.7 Å². The Morgan fingerprint density at radius 3 is 2.81 bits per heavy atom. The first kappa shape index (κ1) is 11.3. The first-order chi connectivity index (χ1) is 7.78. The van der Waals surface area contributed by atoms with Gasteiger partial charge in [-0.15, -0.1) is 11.3 Å². The van der Waals surface area contributed by atoms with E-state index in [2.05, 4.69) is 17.2 Å². The van der Waals surface area contributed by atoms with Gasteiger partial charge in [0.05, 0.1) is 13.1 Å². The lowest BCUT2D eigenvalue weighted by Crippen LogP contribution is -2.11. The van der Waals surface area contributed by atoms with Crippen molar-refractivity contribution >= 4 is 11.3 Å². The number of nitrogens with two attached hydrogens (primary N) is 1. The lowest BCUT2D eigenvalue weighted by Gasteiger charge is -1.99. The van der Waals surface area contributed by atoms with Crippen LogP contribution in [0.2, 0.25) is 0 Å². The molecule has 0 saturated carbocycles. The fourth-order valence-corrected chi connectivity index (χ4v) is 2.16. The number of nitrogens with zero attached hydrogens (tertiary/aromatic N) is 1. The van der Waals surface area contributed by atoms with Crippen molar-refractivity contribution in [2.45, 2.75) is 26.6 Å². The number of hydrogen-bond donors (Lipinski definition) is 2. The predicted octanol–water partition coefficient (Wildman–Crippen LogP) is 1.79. The van der Waals surface area contributed by atoms with Gasteiger partial charge in [0.25, 0.3) is 0 Å². The molecule has 16 heavy (non-hydrogen) atoms. The summed E-state index contributed by atoms with van der Waals surface area (Å²) in [5.74, 6) is 1.73. The Bertz CT molecular complexity index is 450. The summed E-state index contributed by atoms with van der Waals surface area (Å²) in [5, 5.41) is 4.38. The molecule has 0 aromatic carbocycles. The first-order valence-electron chi connectivity index (χ1n) is 5.17. The summed E-state index contributed by atoms with van der Waals surface area (Å²) in [6.07, 6.45) is 1.89. The Kier molecular flexibility index (Phi) is 3.71. The molecule has 0 aliphatic rings. The molecule has 2 rings (SSSR count). The molecule has 0 saturated heterocycles. The molecular weight excluding hydrogens is 222 g/mol. The molecule has 3 N–H and O–H groups in total. The maximum absolute atomic E-state index is 5.47. The molecule has 2 aromatic heterocycles. The number of thiazole rings is 1. The quantitative estimate of drug-likeness (QED) is 0.832. The van der Waals surface area contributed by atoms with Crippen molar-refractivity contribution in [1.82, 2.24) is 10.3 Å². The summed E-state index contributed by atoms with van der Waals surface area (Å²) in [5.41, 5.74) is 5.46. The van der Waals surface area contributed by atoms with E-state index in [4.69, 9.17) is 10.2 Å². The fraction of sp³-hybridized carbons (Fsp3) is 0.364. The molecule has 2 aromatic rings. The monoisotopic (exact) mass is 237 g/mol. The molecule has 0 aliphatic carbocycles. The minimum Gasteiger partial charge on any atom is -0.463 e. The Hall–Kier alpha value is -1.17. The molecule has 5 heteroatoms. The average molecular weight is 237 g/mol. The van der Waals surface area contributed by atoms with Crippen molar-refractivity contribution < 1.29 is 4.42 Å². The Labute approximate surface area is 98.5 Å². The third-order valence-corrected chi connectivity index (χ3v) is 3.08. The molecule has 4 nitrogen and oxygen atoms in total. The number of aryl methyl sites for hydroxylation is 1. The highest BCUT2D eigenvalue weighted by molar-refractivity contribution is 7.11. The second-order valence-electron chi connectivity index (χ2n) is 3.54.